The first kappa shape index (κ1) is 17.6. The zero-order valence-electron chi connectivity index (χ0n) is 12.6. The van der Waals surface area contributed by atoms with Gasteiger partial charge in [0.1, 0.15) is 12.6 Å². The summed E-state index contributed by atoms with van der Waals surface area (Å²) in [6, 6.07) is -1.19. The molecule has 2 amide bonds. The lowest BCUT2D eigenvalue weighted by Crippen LogP contribution is -2.48. The second kappa shape index (κ2) is 7.66. The summed E-state index contributed by atoms with van der Waals surface area (Å²) in [5.41, 5.74) is -1.01. The van der Waals surface area contributed by atoms with Crippen LogP contribution >= 0.6 is 11.3 Å². The number of nitrogens with one attached hydrogen (secondary N) is 3. The lowest BCUT2D eigenvalue weighted by atomic mass is 10.3. The van der Waals surface area contributed by atoms with Crippen molar-refractivity contribution in [1.82, 2.24) is 19.9 Å². The first-order valence-corrected chi connectivity index (χ1v) is 7.69. The van der Waals surface area contributed by atoms with Crippen LogP contribution in [0.5, 0.6) is 0 Å². The molecule has 0 spiro atoms. The number of aliphatic hydroxyl groups excluding tert-OH is 1. The average Bonchev–Trinajstić information content (AvgIpc) is 3.03. The van der Waals surface area contributed by atoms with E-state index in [4.69, 9.17) is 0 Å². The standard InChI is InChI=1S/C13H15N5O5S/c1-7-4-18(13(23)17-10(7)21)5-9(20)15-8(6-19)11(22)16-12-14-2-3-24-12/h2-4,8,19H,5-6H2,1H3,(H,15,20)(H,14,16,22)(H,17,21,23)/t8-/m0/s1. The van der Waals surface area contributed by atoms with E-state index in [-0.39, 0.29) is 5.56 Å². The molecule has 2 aromatic heterocycles. The molecule has 2 heterocycles. The molecule has 11 heteroatoms. The van der Waals surface area contributed by atoms with Crippen molar-refractivity contribution in [1.29, 1.82) is 0 Å². The molecule has 128 valence electrons. The summed E-state index contributed by atoms with van der Waals surface area (Å²) >= 11 is 1.19. The molecule has 0 saturated heterocycles. The summed E-state index contributed by atoms with van der Waals surface area (Å²) in [6.07, 6.45) is 2.74. The Morgan fingerprint density at radius 2 is 2.21 bits per heavy atom. The molecule has 0 aromatic carbocycles. The zero-order valence-corrected chi connectivity index (χ0v) is 13.4. The summed E-state index contributed by atoms with van der Waals surface area (Å²) in [7, 11) is 0. The van der Waals surface area contributed by atoms with E-state index in [1.165, 1.54) is 30.7 Å². The minimum absolute atomic E-state index is 0.266. The number of aromatic amines is 1. The number of amides is 2. The molecule has 4 N–H and O–H groups in total. The van der Waals surface area contributed by atoms with Gasteiger partial charge in [-0.15, -0.1) is 11.3 Å². The molecule has 0 aliphatic rings. The van der Waals surface area contributed by atoms with Gasteiger partial charge in [-0.05, 0) is 6.92 Å². The van der Waals surface area contributed by atoms with Crippen molar-refractivity contribution in [2.45, 2.75) is 19.5 Å². The van der Waals surface area contributed by atoms with Crippen LogP contribution in [-0.4, -0.2) is 44.1 Å². The van der Waals surface area contributed by atoms with Crippen molar-refractivity contribution in [2.75, 3.05) is 11.9 Å². The van der Waals surface area contributed by atoms with Crippen molar-refractivity contribution in [3.05, 3.63) is 44.2 Å². The molecule has 0 fully saturated rings. The number of aryl methyl sites for hydroxylation is 1. The number of H-pyrrole nitrogens is 1. The van der Waals surface area contributed by atoms with E-state index in [2.05, 4.69) is 20.6 Å². The summed E-state index contributed by atoms with van der Waals surface area (Å²) in [4.78, 5) is 52.8. The molecule has 1 atom stereocenters. The highest BCUT2D eigenvalue weighted by Gasteiger charge is 2.21. The van der Waals surface area contributed by atoms with E-state index >= 15 is 0 Å². The van der Waals surface area contributed by atoms with Gasteiger partial charge in [-0.25, -0.2) is 9.78 Å². The van der Waals surface area contributed by atoms with Gasteiger partial charge in [0.05, 0.1) is 6.61 Å². The van der Waals surface area contributed by atoms with Gasteiger partial charge in [-0.1, -0.05) is 0 Å². The fourth-order valence-corrected chi connectivity index (χ4v) is 2.33. The molecule has 24 heavy (non-hydrogen) atoms. The summed E-state index contributed by atoms with van der Waals surface area (Å²) in [5.74, 6) is -1.30. The summed E-state index contributed by atoms with van der Waals surface area (Å²) in [6.45, 7) is 0.463. The summed E-state index contributed by atoms with van der Waals surface area (Å²) in [5, 5.41) is 16.0. The van der Waals surface area contributed by atoms with Gasteiger partial charge in [-0.2, -0.15) is 0 Å². The number of aromatic nitrogens is 3. The van der Waals surface area contributed by atoms with Crippen LogP contribution < -0.4 is 21.9 Å². The Labute approximate surface area is 139 Å². The van der Waals surface area contributed by atoms with Crippen molar-refractivity contribution in [3.8, 4) is 0 Å². The predicted octanol–water partition coefficient (Wildman–Crippen LogP) is -1.58. The Balaban J connectivity index is 2.02. The van der Waals surface area contributed by atoms with Crippen LogP contribution in [0.2, 0.25) is 0 Å². The number of thiazole rings is 1. The van der Waals surface area contributed by atoms with Crippen molar-refractivity contribution >= 4 is 28.3 Å². The maximum absolute atomic E-state index is 12.0. The van der Waals surface area contributed by atoms with E-state index in [9.17, 15) is 24.3 Å². The third-order valence-electron chi connectivity index (χ3n) is 3.00. The molecular formula is C13H15N5O5S. The van der Waals surface area contributed by atoms with Gasteiger partial charge in [0, 0.05) is 23.3 Å². The molecule has 0 bridgehead atoms. The second-order valence-corrected chi connectivity index (χ2v) is 5.72. The molecule has 0 aliphatic carbocycles. The molecule has 0 aliphatic heterocycles. The molecule has 2 aromatic rings. The Morgan fingerprint density at radius 1 is 1.46 bits per heavy atom. The highest BCUT2D eigenvalue weighted by molar-refractivity contribution is 7.13. The predicted molar refractivity (Wildman–Crippen MR) is 85.8 cm³/mol. The zero-order chi connectivity index (χ0) is 17.7. The minimum atomic E-state index is -1.19. The smallest absolute Gasteiger partial charge is 0.328 e. The van der Waals surface area contributed by atoms with Crippen LogP contribution in [0.15, 0.2) is 27.4 Å². The number of hydrogen-bond acceptors (Lipinski definition) is 7. The molecule has 0 unspecified atom stereocenters. The van der Waals surface area contributed by atoms with E-state index in [1.807, 2.05) is 0 Å². The lowest BCUT2D eigenvalue weighted by molar-refractivity contribution is -0.127. The Morgan fingerprint density at radius 3 is 2.83 bits per heavy atom. The maximum Gasteiger partial charge on any atom is 0.328 e. The quantitative estimate of drug-likeness (QED) is 0.493. The number of carbonyl (C=O) groups is 2. The van der Waals surface area contributed by atoms with Crippen LogP contribution in [0.4, 0.5) is 5.13 Å². The van der Waals surface area contributed by atoms with E-state index < -0.39 is 42.3 Å². The number of anilines is 1. The molecular weight excluding hydrogens is 338 g/mol. The highest BCUT2D eigenvalue weighted by Crippen LogP contribution is 2.10. The molecule has 10 nitrogen and oxygen atoms in total. The molecule has 0 saturated carbocycles. The Bertz CT molecular complexity index is 841. The lowest BCUT2D eigenvalue weighted by Gasteiger charge is -2.15. The SMILES string of the molecule is Cc1cn(CC(=O)N[C@@H](CO)C(=O)Nc2nccs2)c(=O)[nH]c1=O. The number of hydrogen-bond donors (Lipinski definition) is 4. The van der Waals surface area contributed by atoms with Crippen molar-refractivity contribution in [2.24, 2.45) is 0 Å². The van der Waals surface area contributed by atoms with Crippen LogP contribution in [0.1, 0.15) is 5.56 Å². The van der Waals surface area contributed by atoms with Gasteiger partial charge < -0.3 is 15.7 Å². The van der Waals surface area contributed by atoms with Crippen LogP contribution in [0.3, 0.4) is 0 Å². The maximum atomic E-state index is 12.0. The summed E-state index contributed by atoms with van der Waals surface area (Å²) < 4.78 is 0.999. The van der Waals surface area contributed by atoms with E-state index in [1.54, 1.807) is 5.38 Å². The topological polar surface area (TPSA) is 146 Å². The highest BCUT2D eigenvalue weighted by atomic mass is 32.1. The van der Waals surface area contributed by atoms with Gasteiger partial charge in [-0.3, -0.25) is 23.9 Å². The Kier molecular flexibility index (Phi) is 5.60. The monoisotopic (exact) mass is 353 g/mol. The second-order valence-electron chi connectivity index (χ2n) is 4.83. The largest absolute Gasteiger partial charge is 0.394 e. The first-order chi connectivity index (χ1) is 11.4. The van der Waals surface area contributed by atoms with Crippen molar-refractivity contribution in [3.63, 3.8) is 0 Å². The fraction of sp³-hybridized carbons (Fsp3) is 0.308. The van der Waals surface area contributed by atoms with Gasteiger partial charge in [0.2, 0.25) is 5.91 Å². The number of rotatable bonds is 6. The first-order valence-electron chi connectivity index (χ1n) is 6.81. The van der Waals surface area contributed by atoms with Crippen molar-refractivity contribution < 1.29 is 14.7 Å². The average molecular weight is 353 g/mol. The molecule has 2 rings (SSSR count). The minimum Gasteiger partial charge on any atom is -0.394 e. The van der Waals surface area contributed by atoms with E-state index in [0.29, 0.717) is 5.13 Å². The third kappa shape index (κ3) is 4.36. The fourth-order valence-electron chi connectivity index (χ4n) is 1.80. The number of carbonyl (C=O) groups excluding carboxylic acids is 2. The molecule has 0 radical (unpaired) electrons. The number of aliphatic hydroxyl groups is 1. The van der Waals surface area contributed by atoms with E-state index in [0.717, 1.165) is 4.57 Å². The van der Waals surface area contributed by atoms with Crippen LogP contribution in [-0.2, 0) is 16.1 Å². The van der Waals surface area contributed by atoms with Gasteiger partial charge >= 0.3 is 5.69 Å². The third-order valence-corrected chi connectivity index (χ3v) is 3.69. The normalized spacial score (nSPS) is 11.8. The van der Waals surface area contributed by atoms with Crippen LogP contribution in [0, 0.1) is 6.92 Å². The Hall–Kier alpha value is -2.79. The van der Waals surface area contributed by atoms with Gasteiger partial charge in [0.15, 0.2) is 5.13 Å². The van der Waals surface area contributed by atoms with Gasteiger partial charge in [0.25, 0.3) is 11.5 Å². The number of nitrogens with zero attached hydrogens (tertiary/aromatic N) is 2. The van der Waals surface area contributed by atoms with Crippen LogP contribution in [0.25, 0.3) is 0 Å².